The lowest BCUT2D eigenvalue weighted by Crippen LogP contribution is -2.39. The van der Waals surface area contributed by atoms with Crippen molar-refractivity contribution < 1.29 is 4.79 Å². The van der Waals surface area contributed by atoms with Crippen molar-refractivity contribution in [2.75, 3.05) is 13.1 Å². The van der Waals surface area contributed by atoms with Gasteiger partial charge in [0.1, 0.15) is 5.82 Å². The number of nitrogens with zero attached hydrogens (tertiary/aromatic N) is 5. The van der Waals surface area contributed by atoms with Crippen molar-refractivity contribution in [1.29, 1.82) is 0 Å². The topological polar surface area (TPSA) is 56.0 Å². The quantitative estimate of drug-likeness (QED) is 0.655. The molecule has 6 nitrogen and oxygen atoms in total. The summed E-state index contributed by atoms with van der Waals surface area (Å²) in [7, 11) is 0. The molecule has 0 spiro atoms. The van der Waals surface area contributed by atoms with E-state index in [9.17, 15) is 4.79 Å². The van der Waals surface area contributed by atoms with Crippen molar-refractivity contribution in [3.8, 4) is 5.69 Å². The van der Waals surface area contributed by atoms with Gasteiger partial charge in [-0.3, -0.25) is 4.79 Å². The van der Waals surface area contributed by atoms with Crippen LogP contribution in [0.1, 0.15) is 54.7 Å². The number of benzene rings is 1. The molecule has 1 fully saturated rings. The van der Waals surface area contributed by atoms with Gasteiger partial charge in [-0.2, -0.15) is 5.10 Å². The zero-order valence-corrected chi connectivity index (χ0v) is 16.4. The Balaban J connectivity index is 1.47. The second-order valence-electron chi connectivity index (χ2n) is 7.43. The molecule has 1 amide bonds. The number of hydrogen-bond donors (Lipinski definition) is 0. The van der Waals surface area contributed by atoms with Crippen molar-refractivity contribution in [2.24, 2.45) is 0 Å². The van der Waals surface area contributed by atoms with Gasteiger partial charge in [-0.05, 0) is 31.4 Å². The van der Waals surface area contributed by atoms with Crippen LogP contribution in [0, 0.1) is 0 Å². The largest absolute Gasteiger partial charge is 0.338 e. The van der Waals surface area contributed by atoms with E-state index in [0.717, 1.165) is 56.8 Å². The van der Waals surface area contributed by atoms with Crippen LogP contribution in [-0.2, 0) is 6.54 Å². The Hall–Kier alpha value is -2.89. The van der Waals surface area contributed by atoms with Gasteiger partial charge in [0, 0.05) is 44.1 Å². The maximum Gasteiger partial charge on any atom is 0.257 e. The van der Waals surface area contributed by atoms with E-state index >= 15 is 0 Å². The second-order valence-corrected chi connectivity index (χ2v) is 7.43. The number of aromatic nitrogens is 4. The first-order chi connectivity index (χ1) is 13.8. The summed E-state index contributed by atoms with van der Waals surface area (Å²) < 4.78 is 4.02. The number of rotatable bonds is 6. The molecule has 3 heterocycles. The van der Waals surface area contributed by atoms with Gasteiger partial charge in [0.15, 0.2) is 0 Å². The average molecular weight is 377 g/mol. The number of aryl methyl sites for hydroxylation is 1. The Kier molecular flexibility index (Phi) is 5.55. The third-order valence-corrected chi connectivity index (χ3v) is 5.42. The van der Waals surface area contributed by atoms with Crippen LogP contribution in [0.25, 0.3) is 5.69 Å². The lowest BCUT2D eigenvalue weighted by atomic mass is 9.96. The maximum atomic E-state index is 13.1. The van der Waals surface area contributed by atoms with Crippen molar-refractivity contribution in [3.05, 3.63) is 66.5 Å². The van der Waals surface area contributed by atoms with Gasteiger partial charge in [0.25, 0.3) is 5.91 Å². The predicted molar refractivity (Wildman–Crippen MR) is 109 cm³/mol. The molecule has 6 heteroatoms. The van der Waals surface area contributed by atoms with E-state index in [2.05, 4.69) is 27.8 Å². The number of carbonyl (C=O) groups excluding carboxylic acids is 1. The first kappa shape index (κ1) is 18.5. The molecule has 3 aromatic rings. The standard InChI is InChI=1S/C22H27N5O/c1-2-3-12-25-14-11-23-21(25)18-8-7-13-26(16-18)22(28)19-15-24-27(17-19)20-9-5-4-6-10-20/h4-6,9-11,14-15,17-18H,2-3,7-8,12-13,16H2,1H3/t18-/m0/s1. The molecule has 4 rings (SSSR count). The molecule has 1 aliphatic heterocycles. The highest BCUT2D eigenvalue weighted by Gasteiger charge is 2.28. The molecule has 0 saturated carbocycles. The summed E-state index contributed by atoms with van der Waals surface area (Å²) in [5.41, 5.74) is 1.59. The minimum Gasteiger partial charge on any atom is -0.338 e. The molecule has 28 heavy (non-hydrogen) atoms. The molecule has 146 valence electrons. The summed E-state index contributed by atoms with van der Waals surface area (Å²) in [5, 5.41) is 4.37. The van der Waals surface area contributed by atoms with E-state index in [1.54, 1.807) is 10.9 Å². The number of imidazole rings is 1. The number of carbonyl (C=O) groups is 1. The fourth-order valence-corrected chi connectivity index (χ4v) is 3.91. The number of likely N-dealkylation sites (tertiary alicyclic amines) is 1. The summed E-state index contributed by atoms with van der Waals surface area (Å²) in [6.45, 7) is 4.72. The minimum atomic E-state index is 0.0542. The molecular formula is C22H27N5O. The molecule has 2 aromatic heterocycles. The number of unbranched alkanes of at least 4 members (excludes halogenated alkanes) is 1. The Bertz CT molecular complexity index is 914. The van der Waals surface area contributed by atoms with Gasteiger partial charge in [0.05, 0.1) is 17.4 Å². The smallest absolute Gasteiger partial charge is 0.257 e. The third kappa shape index (κ3) is 3.86. The lowest BCUT2D eigenvalue weighted by molar-refractivity contribution is 0.0703. The Morgan fingerprint density at radius 3 is 2.93 bits per heavy atom. The average Bonchev–Trinajstić information content (AvgIpc) is 3.42. The SMILES string of the molecule is CCCCn1ccnc1[C@H]1CCCN(C(=O)c2cnn(-c3ccccc3)c2)C1. The Labute approximate surface area is 165 Å². The fourth-order valence-electron chi connectivity index (χ4n) is 3.91. The molecule has 1 atom stereocenters. The van der Waals surface area contributed by atoms with Crippen molar-refractivity contribution in [2.45, 2.75) is 45.1 Å². The molecule has 0 aliphatic carbocycles. The van der Waals surface area contributed by atoms with E-state index in [4.69, 9.17) is 0 Å². The number of piperidine rings is 1. The lowest BCUT2D eigenvalue weighted by Gasteiger charge is -2.32. The highest BCUT2D eigenvalue weighted by molar-refractivity contribution is 5.94. The number of hydrogen-bond acceptors (Lipinski definition) is 3. The van der Waals surface area contributed by atoms with Crippen molar-refractivity contribution in [3.63, 3.8) is 0 Å². The highest BCUT2D eigenvalue weighted by Crippen LogP contribution is 2.27. The molecule has 1 aliphatic rings. The summed E-state index contributed by atoms with van der Waals surface area (Å²) in [6.07, 6.45) is 11.8. The molecule has 1 saturated heterocycles. The summed E-state index contributed by atoms with van der Waals surface area (Å²) in [5.74, 6) is 1.47. The normalized spacial score (nSPS) is 17.0. The van der Waals surface area contributed by atoms with Crippen molar-refractivity contribution >= 4 is 5.91 Å². The van der Waals surface area contributed by atoms with Crippen LogP contribution in [0.15, 0.2) is 55.1 Å². The van der Waals surface area contributed by atoms with Gasteiger partial charge in [-0.25, -0.2) is 9.67 Å². The van der Waals surface area contributed by atoms with E-state index in [-0.39, 0.29) is 5.91 Å². The highest BCUT2D eigenvalue weighted by atomic mass is 16.2. The summed E-state index contributed by atoms with van der Waals surface area (Å²) in [6, 6.07) is 9.86. The first-order valence-electron chi connectivity index (χ1n) is 10.2. The van der Waals surface area contributed by atoms with E-state index in [1.165, 1.54) is 0 Å². The Morgan fingerprint density at radius 2 is 2.11 bits per heavy atom. The predicted octanol–water partition coefficient (Wildman–Crippen LogP) is 3.89. The summed E-state index contributed by atoms with van der Waals surface area (Å²) in [4.78, 5) is 19.6. The van der Waals surface area contributed by atoms with Crippen molar-refractivity contribution in [1.82, 2.24) is 24.2 Å². The van der Waals surface area contributed by atoms with Crippen LogP contribution in [0.5, 0.6) is 0 Å². The van der Waals surface area contributed by atoms with Crippen LogP contribution < -0.4 is 0 Å². The monoisotopic (exact) mass is 377 g/mol. The third-order valence-electron chi connectivity index (χ3n) is 5.42. The van der Waals surface area contributed by atoms with Crippen LogP contribution in [0.4, 0.5) is 0 Å². The zero-order valence-electron chi connectivity index (χ0n) is 16.4. The van der Waals surface area contributed by atoms with Gasteiger partial charge in [-0.1, -0.05) is 31.5 Å². The zero-order chi connectivity index (χ0) is 19.3. The molecule has 0 bridgehead atoms. The first-order valence-corrected chi connectivity index (χ1v) is 10.2. The molecule has 0 N–H and O–H groups in total. The minimum absolute atomic E-state index is 0.0542. The van der Waals surface area contributed by atoms with Crippen LogP contribution in [0.3, 0.4) is 0 Å². The van der Waals surface area contributed by atoms with Gasteiger partial charge >= 0.3 is 0 Å². The second kappa shape index (κ2) is 8.42. The van der Waals surface area contributed by atoms with Crippen LogP contribution in [0.2, 0.25) is 0 Å². The van der Waals surface area contributed by atoms with E-state index in [1.807, 2.05) is 47.6 Å². The van der Waals surface area contributed by atoms with Gasteiger partial charge < -0.3 is 9.47 Å². The fraction of sp³-hybridized carbons (Fsp3) is 0.409. The van der Waals surface area contributed by atoms with Crippen LogP contribution >= 0.6 is 0 Å². The van der Waals surface area contributed by atoms with Gasteiger partial charge in [0.2, 0.25) is 0 Å². The molecule has 0 unspecified atom stereocenters. The molecule has 1 aromatic carbocycles. The molecule has 0 radical (unpaired) electrons. The van der Waals surface area contributed by atoms with Crippen LogP contribution in [-0.4, -0.2) is 43.2 Å². The maximum absolute atomic E-state index is 13.1. The van der Waals surface area contributed by atoms with Gasteiger partial charge in [-0.15, -0.1) is 0 Å². The number of para-hydroxylation sites is 1. The summed E-state index contributed by atoms with van der Waals surface area (Å²) >= 11 is 0. The van der Waals surface area contributed by atoms with E-state index in [0.29, 0.717) is 11.5 Å². The molecular weight excluding hydrogens is 350 g/mol. The van der Waals surface area contributed by atoms with E-state index < -0.39 is 0 Å². The number of amides is 1. The Morgan fingerprint density at radius 1 is 1.25 bits per heavy atom.